The molecule has 0 aromatic carbocycles. The van der Waals surface area contributed by atoms with Crippen molar-refractivity contribution in [1.29, 1.82) is 0 Å². The van der Waals surface area contributed by atoms with Crippen LogP contribution >= 0.6 is 7.82 Å². The first kappa shape index (κ1) is 34.0. The van der Waals surface area contributed by atoms with E-state index in [9.17, 15) is 24.2 Å². The lowest BCUT2D eigenvalue weighted by molar-refractivity contribution is -0.161. The van der Waals surface area contributed by atoms with Crippen molar-refractivity contribution in [2.24, 2.45) is 0 Å². The van der Waals surface area contributed by atoms with E-state index in [4.69, 9.17) is 19.1 Å². The molecule has 10 nitrogen and oxygen atoms in total. The summed E-state index contributed by atoms with van der Waals surface area (Å²) in [6.07, 6.45) is 10.3. The average molecular weight is 527 g/mol. The molecule has 11 heteroatoms. The number of esters is 2. The van der Waals surface area contributed by atoms with Gasteiger partial charge in [0.15, 0.2) is 6.10 Å². The third-order valence-electron chi connectivity index (χ3n) is 5.26. The number of hydrogen-bond donors (Lipinski definition) is 3. The van der Waals surface area contributed by atoms with Crippen LogP contribution in [0.4, 0.5) is 0 Å². The van der Waals surface area contributed by atoms with Crippen LogP contribution in [0.1, 0.15) is 104 Å². The number of unbranched alkanes of at least 4 members (excludes halogenated alkanes) is 10. The average Bonchev–Trinajstić information content (AvgIpc) is 2.83. The van der Waals surface area contributed by atoms with Gasteiger partial charge in [0.2, 0.25) is 0 Å². The minimum absolute atomic E-state index is 0.179. The smallest absolute Gasteiger partial charge is 0.462 e. The van der Waals surface area contributed by atoms with Gasteiger partial charge in [0.05, 0.1) is 19.8 Å². The summed E-state index contributed by atoms with van der Waals surface area (Å²) in [5.41, 5.74) is 0. The molecule has 3 N–H and O–H groups in total. The molecule has 0 aliphatic heterocycles. The number of aliphatic hydroxyl groups excluding tert-OH is 2. The molecule has 3 atom stereocenters. The van der Waals surface area contributed by atoms with Crippen LogP contribution in [0.3, 0.4) is 0 Å². The van der Waals surface area contributed by atoms with Gasteiger partial charge in [0.25, 0.3) is 0 Å². The number of rotatable bonds is 24. The molecular weight excluding hydrogens is 479 g/mol. The molecule has 0 spiro atoms. The number of hydrogen-bond acceptors (Lipinski definition) is 9. The van der Waals surface area contributed by atoms with Gasteiger partial charge >= 0.3 is 19.8 Å². The Morgan fingerprint density at radius 3 is 1.80 bits per heavy atom. The molecule has 0 aliphatic carbocycles. The summed E-state index contributed by atoms with van der Waals surface area (Å²) in [5.74, 6) is -0.951. The molecule has 0 heterocycles. The number of aliphatic hydroxyl groups is 2. The van der Waals surface area contributed by atoms with Gasteiger partial charge in [-0.05, 0) is 12.8 Å². The minimum Gasteiger partial charge on any atom is -0.462 e. The van der Waals surface area contributed by atoms with Gasteiger partial charge in [-0.25, -0.2) is 4.57 Å². The van der Waals surface area contributed by atoms with Crippen LogP contribution in [-0.4, -0.2) is 65.7 Å². The van der Waals surface area contributed by atoms with Crippen molar-refractivity contribution in [1.82, 2.24) is 0 Å². The van der Waals surface area contributed by atoms with Crippen molar-refractivity contribution in [3.63, 3.8) is 0 Å². The zero-order valence-electron chi connectivity index (χ0n) is 21.5. The Kier molecular flexibility index (Phi) is 21.5. The van der Waals surface area contributed by atoms with E-state index in [-0.39, 0.29) is 19.4 Å². The normalized spacial score (nSPS) is 14.8. The highest BCUT2D eigenvalue weighted by Crippen LogP contribution is 2.43. The van der Waals surface area contributed by atoms with Gasteiger partial charge in [0.1, 0.15) is 12.7 Å². The summed E-state index contributed by atoms with van der Waals surface area (Å²) in [6, 6.07) is 0. The molecule has 0 aromatic rings. The van der Waals surface area contributed by atoms with Crippen LogP contribution in [0.5, 0.6) is 0 Å². The molecule has 0 bridgehead atoms. The first-order valence-electron chi connectivity index (χ1n) is 13.0. The molecule has 0 rings (SSSR count). The second kappa shape index (κ2) is 22.2. The van der Waals surface area contributed by atoms with Crippen molar-refractivity contribution in [2.45, 2.75) is 116 Å². The highest BCUT2D eigenvalue weighted by atomic mass is 31.2. The third-order valence-corrected chi connectivity index (χ3v) is 6.21. The maximum Gasteiger partial charge on any atom is 0.472 e. The molecule has 35 heavy (non-hydrogen) atoms. The molecule has 0 saturated heterocycles. The number of ether oxygens (including phenoxy) is 2. The lowest BCUT2D eigenvalue weighted by atomic mass is 10.1. The zero-order chi connectivity index (χ0) is 26.4. The van der Waals surface area contributed by atoms with Crippen molar-refractivity contribution < 1.29 is 47.8 Å². The fourth-order valence-electron chi connectivity index (χ4n) is 3.17. The Morgan fingerprint density at radius 1 is 0.743 bits per heavy atom. The minimum atomic E-state index is -4.57. The van der Waals surface area contributed by atoms with Crippen LogP contribution in [-0.2, 0) is 32.7 Å². The Labute approximate surface area is 210 Å². The van der Waals surface area contributed by atoms with E-state index in [1.807, 2.05) is 0 Å². The molecule has 1 unspecified atom stereocenters. The maximum atomic E-state index is 12.1. The van der Waals surface area contributed by atoms with Gasteiger partial charge in [0, 0.05) is 12.8 Å². The van der Waals surface area contributed by atoms with Crippen molar-refractivity contribution in [3.05, 3.63) is 0 Å². The molecule has 0 radical (unpaired) electrons. The van der Waals surface area contributed by atoms with E-state index in [1.165, 1.54) is 25.7 Å². The van der Waals surface area contributed by atoms with Crippen LogP contribution in [0.2, 0.25) is 0 Å². The maximum absolute atomic E-state index is 12.1. The fraction of sp³-hybridized carbons (Fsp3) is 0.917. The van der Waals surface area contributed by atoms with Gasteiger partial charge < -0.3 is 24.6 Å². The Bertz CT molecular complexity index is 587. The fourth-order valence-corrected chi connectivity index (χ4v) is 3.96. The zero-order valence-corrected chi connectivity index (χ0v) is 22.4. The topological polar surface area (TPSA) is 149 Å². The molecule has 0 saturated carbocycles. The number of carbonyl (C=O) groups is 2. The summed E-state index contributed by atoms with van der Waals surface area (Å²) in [7, 11) is -4.57. The standard InChI is InChI=1S/C24H47O10P/c1-3-5-7-9-10-11-12-14-15-23(27)31-19-22(34-24(28)16-13-8-6-4-2)20-33-35(29,30)32-18-21(26)17-25/h21-22,25-26H,3-20H2,1-2H3,(H,29,30)/t21-,22+/m0/s1. The molecule has 208 valence electrons. The summed E-state index contributed by atoms with van der Waals surface area (Å²) in [4.78, 5) is 33.9. The Hall–Kier alpha value is -1.03. The van der Waals surface area contributed by atoms with E-state index in [2.05, 4.69) is 18.4 Å². The second-order valence-corrected chi connectivity index (χ2v) is 10.2. The van der Waals surface area contributed by atoms with Gasteiger partial charge in [-0.3, -0.25) is 18.6 Å². The van der Waals surface area contributed by atoms with Crippen LogP contribution in [0, 0.1) is 0 Å². The molecular formula is C24H47O10P. The Morgan fingerprint density at radius 2 is 1.23 bits per heavy atom. The van der Waals surface area contributed by atoms with Crippen LogP contribution in [0.25, 0.3) is 0 Å². The van der Waals surface area contributed by atoms with Crippen molar-refractivity contribution in [2.75, 3.05) is 26.4 Å². The quantitative estimate of drug-likeness (QED) is 0.0936. The molecule has 0 aromatic heterocycles. The largest absolute Gasteiger partial charge is 0.472 e. The summed E-state index contributed by atoms with van der Waals surface area (Å²) in [5, 5.41) is 18.0. The van der Waals surface area contributed by atoms with Gasteiger partial charge in [-0.2, -0.15) is 0 Å². The number of phosphoric acid groups is 1. The summed E-state index contributed by atoms with van der Waals surface area (Å²) in [6.45, 7) is 2.14. The van der Waals surface area contributed by atoms with E-state index in [0.717, 1.165) is 38.5 Å². The van der Waals surface area contributed by atoms with Gasteiger partial charge in [-0.1, -0.05) is 78.1 Å². The lowest BCUT2D eigenvalue weighted by Gasteiger charge is -2.20. The van der Waals surface area contributed by atoms with Crippen LogP contribution in [0.15, 0.2) is 0 Å². The molecule has 0 aliphatic rings. The summed E-state index contributed by atoms with van der Waals surface area (Å²) < 4.78 is 31.9. The van der Waals surface area contributed by atoms with Crippen molar-refractivity contribution in [3.8, 4) is 0 Å². The predicted molar refractivity (Wildman–Crippen MR) is 132 cm³/mol. The molecule has 0 fully saturated rings. The highest BCUT2D eigenvalue weighted by molar-refractivity contribution is 7.47. The Balaban J connectivity index is 4.49. The highest BCUT2D eigenvalue weighted by Gasteiger charge is 2.27. The van der Waals surface area contributed by atoms with E-state index in [0.29, 0.717) is 12.8 Å². The third kappa shape index (κ3) is 21.9. The molecule has 0 amide bonds. The second-order valence-electron chi connectivity index (χ2n) is 8.73. The monoisotopic (exact) mass is 526 g/mol. The van der Waals surface area contributed by atoms with E-state index in [1.54, 1.807) is 0 Å². The first-order valence-corrected chi connectivity index (χ1v) is 14.5. The predicted octanol–water partition coefficient (Wildman–Crippen LogP) is 4.43. The lowest BCUT2D eigenvalue weighted by Crippen LogP contribution is -2.29. The van der Waals surface area contributed by atoms with Crippen molar-refractivity contribution >= 4 is 19.8 Å². The number of phosphoric ester groups is 1. The van der Waals surface area contributed by atoms with Gasteiger partial charge in [-0.15, -0.1) is 0 Å². The van der Waals surface area contributed by atoms with Crippen LogP contribution < -0.4 is 0 Å². The summed E-state index contributed by atoms with van der Waals surface area (Å²) >= 11 is 0. The first-order chi connectivity index (χ1) is 16.7. The van der Waals surface area contributed by atoms with E-state index < -0.39 is 51.8 Å². The number of carbonyl (C=O) groups excluding carboxylic acids is 2. The van der Waals surface area contributed by atoms with E-state index >= 15 is 0 Å². The SMILES string of the molecule is CCCCCCCCCCC(=O)OC[C@H](COP(=O)(O)OC[C@@H](O)CO)OC(=O)CCCCCC.